The number of morpholine rings is 1. The molecule has 23 heavy (non-hydrogen) atoms. The third-order valence-corrected chi connectivity index (χ3v) is 4.07. The molecule has 1 aromatic carbocycles. The average Bonchev–Trinajstić information content (AvgIpc) is 3.06. The Morgan fingerprint density at radius 1 is 1.17 bits per heavy atom. The van der Waals surface area contributed by atoms with E-state index in [2.05, 4.69) is 10.2 Å². The zero-order valence-corrected chi connectivity index (χ0v) is 13.5. The molecule has 0 spiro atoms. The van der Waals surface area contributed by atoms with Gasteiger partial charge in [0.15, 0.2) is 5.76 Å². The first-order chi connectivity index (χ1) is 11.2. The van der Waals surface area contributed by atoms with Crippen LogP contribution in [0.3, 0.4) is 0 Å². The van der Waals surface area contributed by atoms with Gasteiger partial charge in [-0.1, -0.05) is 23.7 Å². The molecule has 1 aliphatic rings. The van der Waals surface area contributed by atoms with E-state index in [0.717, 1.165) is 44.0 Å². The molecule has 3 rings (SSSR count). The normalized spacial score (nSPS) is 15.5. The maximum atomic E-state index is 12.1. The van der Waals surface area contributed by atoms with Gasteiger partial charge in [0, 0.05) is 36.8 Å². The second-order valence-corrected chi connectivity index (χ2v) is 5.85. The molecule has 2 heterocycles. The molecule has 0 aliphatic carbocycles. The number of hydrogen-bond donors (Lipinski definition) is 1. The molecular weight excluding hydrogens is 316 g/mol. The number of benzene rings is 1. The number of rotatable bonds is 5. The SMILES string of the molecule is O=C(NCCN1CCOCC1)c1cc(-c2ccc(Cl)cc2)co1. The molecular formula is C17H19ClN2O3. The number of amides is 1. The van der Waals surface area contributed by atoms with Gasteiger partial charge >= 0.3 is 0 Å². The van der Waals surface area contributed by atoms with Crippen LogP contribution in [-0.4, -0.2) is 50.2 Å². The summed E-state index contributed by atoms with van der Waals surface area (Å²) >= 11 is 5.88. The number of hydrogen-bond acceptors (Lipinski definition) is 4. The highest BCUT2D eigenvalue weighted by atomic mass is 35.5. The number of halogens is 1. The number of carbonyl (C=O) groups excluding carboxylic acids is 1. The van der Waals surface area contributed by atoms with Crippen molar-refractivity contribution in [2.45, 2.75) is 0 Å². The first-order valence-corrected chi connectivity index (χ1v) is 8.03. The second kappa shape index (κ2) is 7.64. The number of nitrogens with zero attached hydrogens (tertiary/aromatic N) is 1. The third kappa shape index (κ3) is 4.34. The van der Waals surface area contributed by atoms with Crippen LogP contribution in [0, 0.1) is 0 Å². The van der Waals surface area contributed by atoms with Gasteiger partial charge in [-0.15, -0.1) is 0 Å². The quantitative estimate of drug-likeness (QED) is 0.913. The summed E-state index contributed by atoms with van der Waals surface area (Å²) in [5.74, 6) is 0.121. The van der Waals surface area contributed by atoms with E-state index in [1.54, 1.807) is 12.3 Å². The Kier molecular flexibility index (Phi) is 5.33. The van der Waals surface area contributed by atoms with Crippen LogP contribution in [0.25, 0.3) is 11.1 Å². The summed E-state index contributed by atoms with van der Waals surface area (Å²) in [5.41, 5.74) is 1.82. The van der Waals surface area contributed by atoms with E-state index in [1.165, 1.54) is 0 Å². The van der Waals surface area contributed by atoms with Crippen molar-refractivity contribution in [3.63, 3.8) is 0 Å². The molecule has 6 heteroatoms. The topological polar surface area (TPSA) is 54.7 Å². The largest absolute Gasteiger partial charge is 0.459 e. The summed E-state index contributed by atoms with van der Waals surface area (Å²) in [6, 6.07) is 9.16. The fraction of sp³-hybridized carbons (Fsp3) is 0.353. The van der Waals surface area contributed by atoms with Gasteiger partial charge in [-0.3, -0.25) is 9.69 Å². The lowest BCUT2D eigenvalue weighted by Gasteiger charge is -2.26. The zero-order valence-electron chi connectivity index (χ0n) is 12.8. The molecule has 2 aromatic rings. The van der Waals surface area contributed by atoms with E-state index in [4.69, 9.17) is 20.8 Å². The highest BCUT2D eigenvalue weighted by molar-refractivity contribution is 6.30. The summed E-state index contributed by atoms with van der Waals surface area (Å²) in [6.07, 6.45) is 1.58. The van der Waals surface area contributed by atoms with Crippen molar-refractivity contribution >= 4 is 17.5 Å². The maximum absolute atomic E-state index is 12.1. The zero-order chi connectivity index (χ0) is 16.1. The molecule has 5 nitrogen and oxygen atoms in total. The molecule has 1 saturated heterocycles. The molecule has 0 atom stereocenters. The summed E-state index contributed by atoms with van der Waals surface area (Å²) in [7, 11) is 0. The fourth-order valence-corrected chi connectivity index (χ4v) is 2.61. The molecule has 1 amide bonds. The number of ether oxygens (including phenoxy) is 1. The van der Waals surface area contributed by atoms with E-state index in [0.29, 0.717) is 17.3 Å². The van der Waals surface area contributed by atoms with Gasteiger partial charge in [-0.25, -0.2) is 0 Å². The molecule has 0 bridgehead atoms. The maximum Gasteiger partial charge on any atom is 0.287 e. The Labute approximate surface area is 140 Å². The predicted octanol–water partition coefficient (Wildman–Crippen LogP) is 2.66. The smallest absolute Gasteiger partial charge is 0.287 e. The van der Waals surface area contributed by atoms with Crippen molar-refractivity contribution in [3.8, 4) is 11.1 Å². The number of nitrogens with one attached hydrogen (secondary N) is 1. The minimum atomic E-state index is -0.196. The average molecular weight is 335 g/mol. The van der Waals surface area contributed by atoms with Crippen molar-refractivity contribution in [1.29, 1.82) is 0 Å². The fourth-order valence-electron chi connectivity index (χ4n) is 2.49. The van der Waals surface area contributed by atoms with Crippen LogP contribution in [-0.2, 0) is 4.74 Å². The summed E-state index contributed by atoms with van der Waals surface area (Å²) < 4.78 is 10.7. The summed E-state index contributed by atoms with van der Waals surface area (Å²) in [4.78, 5) is 14.4. The molecule has 122 valence electrons. The highest BCUT2D eigenvalue weighted by Crippen LogP contribution is 2.23. The second-order valence-electron chi connectivity index (χ2n) is 5.42. The molecule has 0 radical (unpaired) electrons. The van der Waals surface area contributed by atoms with Gasteiger partial charge in [0.05, 0.1) is 19.5 Å². The molecule has 0 unspecified atom stereocenters. The van der Waals surface area contributed by atoms with Crippen molar-refractivity contribution in [3.05, 3.63) is 47.4 Å². The highest BCUT2D eigenvalue weighted by Gasteiger charge is 2.13. The summed E-state index contributed by atoms with van der Waals surface area (Å²) in [6.45, 7) is 4.76. The van der Waals surface area contributed by atoms with Gasteiger partial charge in [-0.05, 0) is 23.8 Å². The Morgan fingerprint density at radius 2 is 1.91 bits per heavy atom. The van der Waals surface area contributed by atoms with Crippen LogP contribution in [0.4, 0.5) is 0 Å². The van der Waals surface area contributed by atoms with Crippen LogP contribution in [0.1, 0.15) is 10.6 Å². The Bertz CT molecular complexity index is 648. The molecule has 0 saturated carbocycles. The van der Waals surface area contributed by atoms with E-state index < -0.39 is 0 Å². The van der Waals surface area contributed by atoms with Crippen LogP contribution in [0.5, 0.6) is 0 Å². The monoisotopic (exact) mass is 334 g/mol. The van der Waals surface area contributed by atoms with E-state index in [9.17, 15) is 4.79 Å². The Morgan fingerprint density at radius 3 is 2.65 bits per heavy atom. The first-order valence-electron chi connectivity index (χ1n) is 7.65. The Hall–Kier alpha value is -1.82. The standard InChI is InChI=1S/C17H19ClN2O3/c18-15-3-1-13(2-4-15)14-11-16(23-12-14)17(21)19-5-6-20-7-9-22-10-8-20/h1-4,11-12H,5-10H2,(H,19,21). The number of carbonyl (C=O) groups is 1. The van der Waals surface area contributed by atoms with Crippen LogP contribution in [0.15, 0.2) is 41.0 Å². The van der Waals surface area contributed by atoms with E-state index >= 15 is 0 Å². The first kappa shape index (κ1) is 16.1. The van der Waals surface area contributed by atoms with Gasteiger partial charge in [0.2, 0.25) is 0 Å². The van der Waals surface area contributed by atoms with Crippen LogP contribution < -0.4 is 5.32 Å². The van der Waals surface area contributed by atoms with Crippen molar-refractivity contribution < 1.29 is 13.9 Å². The third-order valence-electron chi connectivity index (χ3n) is 3.82. The lowest BCUT2D eigenvalue weighted by Crippen LogP contribution is -2.41. The lowest BCUT2D eigenvalue weighted by atomic mass is 10.1. The van der Waals surface area contributed by atoms with Crippen LogP contribution >= 0.6 is 11.6 Å². The minimum Gasteiger partial charge on any atom is -0.459 e. The van der Waals surface area contributed by atoms with Crippen LogP contribution in [0.2, 0.25) is 5.02 Å². The molecule has 1 N–H and O–H groups in total. The van der Waals surface area contributed by atoms with Crippen molar-refractivity contribution in [2.75, 3.05) is 39.4 Å². The molecule has 1 fully saturated rings. The summed E-state index contributed by atoms with van der Waals surface area (Å²) in [5, 5.41) is 3.56. The molecule has 1 aliphatic heterocycles. The lowest BCUT2D eigenvalue weighted by molar-refractivity contribution is 0.0382. The minimum absolute atomic E-state index is 0.196. The van der Waals surface area contributed by atoms with Gasteiger partial charge in [0.1, 0.15) is 0 Å². The van der Waals surface area contributed by atoms with E-state index in [-0.39, 0.29) is 5.91 Å². The van der Waals surface area contributed by atoms with E-state index in [1.807, 2.05) is 24.3 Å². The predicted molar refractivity (Wildman–Crippen MR) is 88.7 cm³/mol. The van der Waals surface area contributed by atoms with Gasteiger partial charge in [-0.2, -0.15) is 0 Å². The van der Waals surface area contributed by atoms with Gasteiger partial charge in [0.25, 0.3) is 5.91 Å². The van der Waals surface area contributed by atoms with Gasteiger partial charge < -0.3 is 14.5 Å². The number of furan rings is 1. The Balaban J connectivity index is 1.52. The van der Waals surface area contributed by atoms with Crippen molar-refractivity contribution in [1.82, 2.24) is 10.2 Å². The molecule has 1 aromatic heterocycles. The van der Waals surface area contributed by atoms with Crippen molar-refractivity contribution in [2.24, 2.45) is 0 Å².